The number of nitrogens with one attached hydrogen (secondary N) is 2. The van der Waals surface area contributed by atoms with E-state index in [0.717, 1.165) is 0 Å². The molecule has 0 fully saturated rings. The van der Waals surface area contributed by atoms with Gasteiger partial charge in [0.05, 0.1) is 12.1 Å². The Bertz CT molecular complexity index is 236. The van der Waals surface area contributed by atoms with Crippen LogP contribution in [0.5, 0.6) is 0 Å². The Labute approximate surface area is 75.6 Å². The summed E-state index contributed by atoms with van der Waals surface area (Å²) in [6.07, 6.45) is 0.915. The number of hydrogen-bond acceptors (Lipinski definition) is 2. The second-order valence-electron chi connectivity index (χ2n) is 2.99. The fraction of sp³-hybridized carbons (Fsp3) is 0.625. The van der Waals surface area contributed by atoms with Gasteiger partial charge in [-0.25, -0.2) is 13.8 Å². The van der Waals surface area contributed by atoms with Gasteiger partial charge in [0.1, 0.15) is 5.82 Å². The minimum Gasteiger partial charge on any atom is -0.347 e. The van der Waals surface area contributed by atoms with Crippen LogP contribution in [-0.2, 0) is 0 Å². The summed E-state index contributed by atoms with van der Waals surface area (Å²) in [6.45, 7) is 3.24. The summed E-state index contributed by atoms with van der Waals surface area (Å²) in [5.74, 6) is 0.674. The molecule has 5 heteroatoms. The number of imidazole rings is 1. The topological polar surface area (TPSA) is 40.7 Å². The van der Waals surface area contributed by atoms with Crippen LogP contribution >= 0.6 is 0 Å². The van der Waals surface area contributed by atoms with E-state index >= 15 is 0 Å². The van der Waals surface area contributed by atoms with Crippen LogP contribution in [-0.4, -0.2) is 22.4 Å². The zero-order valence-electron chi connectivity index (χ0n) is 7.59. The van der Waals surface area contributed by atoms with E-state index in [1.807, 2.05) is 0 Å². The highest BCUT2D eigenvalue weighted by molar-refractivity contribution is 4.94. The van der Waals surface area contributed by atoms with E-state index < -0.39 is 12.5 Å². The van der Waals surface area contributed by atoms with Crippen molar-refractivity contribution in [3.05, 3.63) is 18.2 Å². The smallest absolute Gasteiger partial charge is 0.253 e. The fourth-order valence-corrected chi connectivity index (χ4v) is 1.06. The monoisotopic (exact) mass is 189 g/mol. The van der Waals surface area contributed by atoms with Crippen LogP contribution in [0.2, 0.25) is 0 Å². The zero-order valence-corrected chi connectivity index (χ0v) is 7.59. The van der Waals surface area contributed by atoms with Crippen LogP contribution in [0.25, 0.3) is 0 Å². The molecular formula is C8H13F2N3. The molecule has 1 rings (SSSR count). The van der Waals surface area contributed by atoms with Crippen LogP contribution in [0, 0.1) is 0 Å². The van der Waals surface area contributed by atoms with Crippen molar-refractivity contribution in [1.82, 2.24) is 15.3 Å². The summed E-state index contributed by atoms with van der Waals surface area (Å²) in [4.78, 5) is 6.83. The third-order valence-electron chi connectivity index (χ3n) is 1.82. The van der Waals surface area contributed by atoms with E-state index in [4.69, 9.17) is 0 Å². The lowest BCUT2D eigenvalue weighted by Gasteiger charge is -2.17. The van der Waals surface area contributed by atoms with Gasteiger partial charge in [-0.3, -0.25) is 5.32 Å². The maximum atomic E-state index is 12.1. The van der Waals surface area contributed by atoms with Gasteiger partial charge in [-0.15, -0.1) is 0 Å². The van der Waals surface area contributed by atoms with Crippen LogP contribution < -0.4 is 5.32 Å². The molecule has 2 atom stereocenters. The lowest BCUT2D eigenvalue weighted by atomic mass is 10.2. The number of rotatable bonds is 4. The van der Waals surface area contributed by atoms with Gasteiger partial charge >= 0.3 is 0 Å². The Hall–Kier alpha value is -0.970. The van der Waals surface area contributed by atoms with Crippen molar-refractivity contribution in [1.29, 1.82) is 0 Å². The molecule has 0 spiro atoms. The SMILES string of the molecule is CC(NC(C)C(F)F)c1ncc[nH]1. The van der Waals surface area contributed by atoms with Gasteiger partial charge in [0.2, 0.25) is 0 Å². The fourth-order valence-electron chi connectivity index (χ4n) is 1.06. The van der Waals surface area contributed by atoms with Gasteiger partial charge in [0, 0.05) is 12.4 Å². The van der Waals surface area contributed by atoms with Crippen molar-refractivity contribution < 1.29 is 8.78 Å². The third kappa shape index (κ3) is 2.77. The first-order valence-corrected chi connectivity index (χ1v) is 4.14. The second kappa shape index (κ2) is 4.32. The number of aromatic amines is 1. The summed E-state index contributed by atoms with van der Waals surface area (Å²) in [6, 6.07) is -1.00. The maximum absolute atomic E-state index is 12.1. The predicted octanol–water partition coefficient (Wildman–Crippen LogP) is 1.71. The van der Waals surface area contributed by atoms with E-state index in [-0.39, 0.29) is 6.04 Å². The van der Waals surface area contributed by atoms with Gasteiger partial charge in [-0.2, -0.15) is 0 Å². The normalized spacial score (nSPS) is 16.1. The summed E-state index contributed by atoms with van der Waals surface area (Å²) < 4.78 is 24.3. The minimum absolute atomic E-state index is 0.181. The van der Waals surface area contributed by atoms with Gasteiger partial charge in [0.15, 0.2) is 0 Å². The van der Waals surface area contributed by atoms with Crippen LogP contribution in [0.15, 0.2) is 12.4 Å². The highest BCUT2D eigenvalue weighted by atomic mass is 19.3. The summed E-state index contributed by atoms with van der Waals surface area (Å²) in [5, 5.41) is 2.74. The largest absolute Gasteiger partial charge is 0.347 e. The molecule has 1 heterocycles. The average molecular weight is 189 g/mol. The van der Waals surface area contributed by atoms with Gasteiger partial charge < -0.3 is 4.98 Å². The van der Waals surface area contributed by atoms with E-state index in [1.165, 1.54) is 6.92 Å². The molecule has 1 aromatic heterocycles. The predicted molar refractivity (Wildman–Crippen MR) is 45.6 cm³/mol. The molecule has 0 aromatic carbocycles. The van der Waals surface area contributed by atoms with Crippen molar-refractivity contribution in [3.8, 4) is 0 Å². The summed E-state index contributed by atoms with van der Waals surface area (Å²) >= 11 is 0. The Morgan fingerprint density at radius 1 is 1.46 bits per heavy atom. The molecule has 2 N–H and O–H groups in total. The van der Waals surface area contributed by atoms with Gasteiger partial charge in [0.25, 0.3) is 6.43 Å². The molecule has 0 aliphatic carbocycles. The molecule has 13 heavy (non-hydrogen) atoms. The number of nitrogens with zero attached hydrogens (tertiary/aromatic N) is 1. The molecule has 1 aromatic rings. The number of alkyl halides is 2. The van der Waals surface area contributed by atoms with Crippen LogP contribution in [0.3, 0.4) is 0 Å². The van der Waals surface area contributed by atoms with Crippen LogP contribution in [0.1, 0.15) is 25.7 Å². The molecule has 2 unspecified atom stereocenters. The second-order valence-corrected chi connectivity index (χ2v) is 2.99. The third-order valence-corrected chi connectivity index (χ3v) is 1.82. The molecule has 0 saturated carbocycles. The van der Waals surface area contributed by atoms with Gasteiger partial charge in [-0.05, 0) is 13.8 Å². The van der Waals surface area contributed by atoms with Crippen molar-refractivity contribution >= 4 is 0 Å². The van der Waals surface area contributed by atoms with Gasteiger partial charge in [-0.1, -0.05) is 0 Å². The number of aromatic nitrogens is 2. The number of halogens is 2. The van der Waals surface area contributed by atoms with Crippen molar-refractivity contribution in [3.63, 3.8) is 0 Å². The lowest BCUT2D eigenvalue weighted by Crippen LogP contribution is -2.35. The molecule has 0 radical (unpaired) electrons. The molecule has 0 bridgehead atoms. The number of hydrogen-bond donors (Lipinski definition) is 2. The molecule has 74 valence electrons. The highest BCUT2D eigenvalue weighted by Crippen LogP contribution is 2.09. The van der Waals surface area contributed by atoms with Crippen molar-refractivity contribution in [2.24, 2.45) is 0 Å². The van der Waals surface area contributed by atoms with Crippen LogP contribution in [0.4, 0.5) is 8.78 Å². The quantitative estimate of drug-likeness (QED) is 0.757. The molecule has 0 amide bonds. The maximum Gasteiger partial charge on any atom is 0.253 e. The lowest BCUT2D eigenvalue weighted by molar-refractivity contribution is 0.100. The van der Waals surface area contributed by atoms with E-state index in [1.54, 1.807) is 19.3 Å². The molecule has 3 nitrogen and oxygen atoms in total. The molecule has 0 aliphatic heterocycles. The Morgan fingerprint density at radius 3 is 2.62 bits per heavy atom. The first-order chi connectivity index (χ1) is 6.11. The molecular weight excluding hydrogens is 176 g/mol. The first-order valence-electron chi connectivity index (χ1n) is 4.14. The highest BCUT2D eigenvalue weighted by Gasteiger charge is 2.18. The zero-order chi connectivity index (χ0) is 9.84. The standard InChI is InChI=1S/C8H13F2N3/c1-5(7(9)10)13-6(2)8-11-3-4-12-8/h3-7,13H,1-2H3,(H,11,12). The van der Waals surface area contributed by atoms with E-state index in [2.05, 4.69) is 15.3 Å². The van der Waals surface area contributed by atoms with Crippen molar-refractivity contribution in [2.45, 2.75) is 32.4 Å². The minimum atomic E-state index is -2.35. The van der Waals surface area contributed by atoms with E-state index in [9.17, 15) is 8.78 Å². The van der Waals surface area contributed by atoms with Crippen molar-refractivity contribution in [2.75, 3.05) is 0 Å². The summed E-state index contributed by atoms with van der Waals surface area (Å²) in [7, 11) is 0. The van der Waals surface area contributed by atoms with E-state index in [0.29, 0.717) is 5.82 Å². The Kier molecular flexibility index (Phi) is 3.36. The molecule has 0 saturated heterocycles. The molecule has 0 aliphatic rings. The summed E-state index contributed by atoms with van der Waals surface area (Å²) in [5.41, 5.74) is 0. The first kappa shape index (κ1) is 10.1. The number of H-pyrrole nitrogens is 1. The Morgan fingerprint density at radius 2 is 2.15 bits per heavy atom. The average Bonchev–Trinajstić information content (AvgIpc) is 2.55. The Balaban J connectivity index is 2.46.